The summed E-state index contributed by atoms with van der Waals surface area (Å²) in [7, 11) is 0. The Balaban J connectivity index is 2.52. The van der Waals surface area contributed by atoms with E-state index < -0.39 is 0 Å². The lowest BCUT2D eigenvalue weighted by Crippen LogP contribution is -2.52. The van der Waals surface area contributed by atoms with E-state index in [0.717, 1.165) is 38.5 Å². The van der Waals surface area contributed by atoms with Crippen LogP contribution in [0.25, 0.3) is 0 Å². The molecule has 30 heavy (non-hydrogen) atoms. The fourth-order valence-corrected chi connectivity index (χ4v) is 6.70. The van der Waals surface area contributed by atoms with Crippen LogP contribution in [0, 0.1) is 34.5 Å². The van der Waals surface area contributed by atoms with Crippen LogP contribution in [0.1, 0.15) is 93.9 Å². The number of hydrogen-bond donors (Lipinski definition) is 2. The van der Waals surface area contributed by atoms with Crippen molar-refractivity contribution >= 4 is 5.78 Å². The summed E-state index contributed by atoms with van der Waals surface area (Å²) in [4.78, 5) is 14.4. The van der Waals surface area contributed by atoms with E-state index in [2.05, 4.69) is 55.4 Å². The van der Waals surface area contributed by atoms with Gasteiger partial charge in [0.05, 0.1) is 0 Å². The van der Waals surface area contributed by atoms with Crippen LogP contribution >= 0.6 is 0 Å². The lowest BCUT2D eigenvalue weighted by molar-refractivity contribution is -0.145. The molecule has 172 valence electrons. The largest absolute Gasteiger partial charge is 0.396 e. The maximum atomic E-state index is 14.4. The van der Waals surface area contributed by atoms with Gasteiger partial charge in [0.1, 0.15) is 5.78 Å². The van der Waals surface area contributed by atoms with Gasteiger partial charge in [0.15, 0.2) is 0 Å². The number of Topliss-reactive ketones (excluding diaryl/α,β-unsaturated/α-hetero) is 1. The minimum atomic E-state index is -0.381. The van der Waals surface area contributed by atoms with Gasteiger partial charge in [0.25, 0.3) is 0 Å². The van der Waals surface area contributed by atoms with Gasteiger partial charge < -0.3 is 10.2 Å². The molecule has 2 N–H and O–H groups in total. The molecule has 0 spiro atoms. The van der Waals surface area contributed by atoms with E-state index >= 15 is 0 Å². The molecule has 4 atom stereocenters. The molecule has 0 aromatic heterocycles. The normalized spacial score (nSPS) is 30.3. The Hall–Kier alpha value is -0.930. The summed E-state index contributed by atoms with van der Waals surface area (Å²) in [5.41, 5.74) is 4.72. The van der Waals surface area contributed by atoms with Crippen molar-refractivity contribution in [3.63, 3.8) is 0 Å². The van der Waals surface area contributed by atoms with Gasteiger partial charge in [0.2, 0.25) is 0 Å². The predicted molar refractivity (Wildman–Crippen MR) is 125 cm³/mol. The number of carbonyl (C=O) groups excluding carboxylic acids is 1. The molecule has 0 aromatic rings. The van der Waals surface area contributed by atoms with Crippen LogP contribution in [0.4, 0.5) is 0 Å². The number of aliphatic hydroxyl groups is 2. The van der Waals surface area contributed by atoms with Crippen molar-refractivity contribution < 1.29 is 15.0 Å². The Labute approximate surface area is 185 Å². The summed E-state index contributed by atoms with van der Waals surface area (Å²) in [5.74, 6) is 0.231. The highest BCUT2D eigenvalue weighted by atomic mass is 16.3. The third-order valence-electron chi connectivity index (χ3n) is 8.58. The number of ketones is 1. The average Bonchev–Trinajstić information content (AvgIpc) is 2.67. The second-order valence-electron chi connectivity index (χ2n) is 11.4. The maximum absolute atomic E-state index is 14.4. The number of aliphatic hydroxyl groups excluding tert-OH is 2. The Morgan fingerprint density at radius 2 is 1.07 bits per heavy atom. The van der Waals surface area contributed by atoms with Crippen LogP contribution in [0.15, 0.2) is 22.3 Å². The van der Waals surface area contributed by atoms with Gasteiger partial charge >= 0.3 is 0 Å². The monoisotopic (exact) mass is 418 g/mol. The fourth-order valence-electron chi connectivity index (χ4n) is 6.70. The minimum absolute atomic E-state index is 0.0567. The zero-order valence-electron chi connectivity index (χ0n) is 20.8. The average molecular weight is 419 g/mol. The van der Waals surface area contributed by atoms with Gasteiger partial charge in [-0.25, -0.2) is 0 Å². The van der Waals surface area contributed by atoms with E-state index in [9.17, 15) is 15.0 Å². The summed E-state index contributed by atoms with van der Waals surface area (Å²) < 4.78 is 0. The van der Waals surface area contributed by atoms with E-state index in [0.29, 0.717) is 0 Å². The molecule has 0 heterocycles. The van der Waals surface area contributed by atoms with Crippen LogP contribution in [0.3, 0.4) is 0 Å². The molecular weight excluding hydrogens is 372 g/mol. The molecule has 2 rings (SSSR count). The summed E-state index contributed by atoms with van der Waals surface area (Å²) in [6, 6.07) is 0. The molecule has 0 fully saturated rings. The third-order valence-corrected chi connectivity index (χ3v) is 8.58. The first-order valence-electron chi connectivity index (χ1n) is 12.0. The topological polar surface area (TPSA) is 57.5 Å². The Morgan fingerprint density at radius 1 is 0.733 bits per heavy atom. The van der Waals surface area contributed by atoms with Crippen molar-refractivity contribution in [1.29, 1.82) is 0 Å². The van der Waals surface area contributed by atoms with Crippen molar-refractivity contribution in [3.05, 3.63) is 22.3 Å². The quantitative estimate of drug-likeness (QED) is 0.468. The first-order valence-corrected chi connectivity index (χ1v) is 12.0. The van der Waals surface area contributed by atoms with Gasteiger partial charge in [-0.15, -0.1) is 0 Å². The van der Waals surface area contributed by atoms with Gasteiger partial charge in [-0.2, -0.15) is 0 Å². The van der Waals surface area contributed by atoms with E-state index in [-0.39, 0.29) is 53.5 Å². The Bertz CT molecular complexity index is 641. The summed E-state index contributed by atoms with van der Waals surface area (Å²) in [5, 5.41) is 21.2. The predicted octanol–water partition coefficient (Wildman–Crippen LogP) is 6.10. The minimum Gasteiger partial charge on any atom is -0.396 e. The third kappa shape index (κ3) is 4.63. The molecular formula is C27H46O3. The van der Waals surface area contributed by atoms with Gasteiger partial charge in [-0.3, -0.25) is 4.79 Å². The van der Waals surface area contributed by atoms with Crippen LogP contribution < -0.4 is 0 Å². The second kappa shape index (κ2) is 9.69. The van der Waals surface area contributed by atoms with Crippen LogP contribution in [-0.4, -0.2) is 29.2 Å². The lowest BCUT2D eigenvalue weighted by Gasteiger charge is -2.50. The molecule has 4 unspecified atom stereocenters. The summed E-state index contributed by atoms with van der Waals surface area (Å²) >= 11 is 0. The molecule has 0 amide bonds. The fraction of sp³-hybridized carbons (Fsp3) is 0.815. The maximum Gasteiger partial charge on any atom is 0.140 e. The molecule has 2 aliphatic carbocycles. The molecule has 3 heteroatoms. The van der Waals surface area contributed by atoms with Crippen LogP contribution in [-0.2, 0) is 4.79 Å². The van der Waals surface area contributed by atoms with E-state index in [1.165, 1.54) is 22.3 Å². The standard InChI is InChI=1S/C27H46O3/c1-17(2)23(26(15-28)11-9-19(5)21(7)13-26)25(30)24(18(3)4)27(16-29)12-10-20(6)22(8)14-27/h17-18,23-24,28-29H,9-16H2,1-8H3. The first kappa shape index (κ1) is 25.3. The van der Waals surface area contributed by atoms with Gasteiger partial charge in [-0.05, 0) is 78.1 Å². The number of hydrogen-bond acceptors (Lipinski definition) is 3. The van der Waals surface area contributed by atoms with Crippen molar-refractivity contribution in [1.82, 2.24) is 0 Å². The number of carbonyl (C=O) groups is 1. The summed E-state index contributed by atoms with van der Waals surface area (Å²) in [6.45, 7) is 17.4. The molecule has 2 aliphatic rings. The van der Waals surface area contributed by atoms with Gasteiger partial charge in [0, 0.05) is 35.9 Å². The number of rotatable bonds is 8. The second-order valence-corrected chi connectivity index (χ2v) is 11.4. The van der Waals surface area contributed by atoms with Crippen molar-refractivity contribution in [3.8, 4) is 0 Å². The molecule has 0 aliphatic heterocycles. The highest BCUT2D eigenvalue weighted by Crippen LogP contribution is 2.53. The molecule has 0 saturated heterocycles. The number of allylic oxidation sites excluding steroid dienone is 4. The zero-order valence-corrected chi connectivity index (χ0v) is 20.8. The highest BCUT2D eigenvalue weighted by Gasteiger charge is 2.52. The first-order chi connectivity index (χ1) is 13.9. The van der Waals surface area contributed by atoms with E-state index in [1.807, 2.05) is 0 Å². The lowest BCUT2D eigenvalue weighted by atomic mass is 9.54. The van der Waals surface area contributed by atoms with Crippen LogP contribution in [0.2, 0.25) is 0 Å². The van der Waals surface area contributed by atoms with E-state index in [1.54, 1.807) is 0 Å². The molecule has 0 saturated carbocycles. The van der Waals surface area contributed by atoms with Crippen molar-refractivity contribution in [2.45, 2.75) is 93.9 Å². The molecule has 0 radical (unpaired) electrons. The highest BCUT2D eigenvalue weighted by molar-refractivity contribution is 5.85. The van der Waals surface area contributed by atoms with Crippen molar-refractivity contribution in [2.75, 3.05) is 13.2 Å². The molecule has 0 aromatic carbocycles. The van der Waals surface area contributed by atoms with Crippen LogP contribution in [0.5, 0.6) is 0 Å². The molecule has 0 bridgehead atoms. The smallest absolute Gasteiger partial charge is 0.140 e. The van der Waals surface area contributed by atoms with Gasteiger partial charge in [-0.1, -0.05) is 50.0 Å². The Morgan fingerprint density at radius 3 is 1.30 bits per heavy atom. The Kier molecular flexibility index (Phi) is 8.18. The van der Waals surface area contributed by atoms with E-state index in [4.69, 9.17) is 0 Å². The van der Waals surface area contributed by atoms with Crippen molar-refractivity contribution in [2.24, 2.45) is 34.5 Å². The SMILES string of the molecule is CC1=C(C)CC(CO)(C(C(=O)C(C(C)C)C2(CO)CCC(C)=C(C)C2)C(C)C)CC1. The zero-order chi connectivity index (χ0) is 22.9. The summed E-state index contributed by atoms with van der Waals surface area (Å²) in [6.07, 6.45) is 5.27. The molecule has 3 nitrogen and oxygen atoms in total.